The Bertz CT molecular complexity index is 933. The maximum absolute atomic E-state index is 12.3. The molecule has 1 atom stereocenters. The third-order valence-electron chi connectivity index (χ3n) is 4.48. The van der Waals surface area contributed by atoms with E-state index in [4.69, 9.17) is 4.74 Å². The number of nitrogens with one attached hydrogen (secondary N) is 1. The number of nitriles is 1. The zero-order valence-corrected chi connectivity index (χ0v) is 18.3. The summed E-state index contributed by atoms with van der Waals surface area (Å²) in [6, 6.07) is 7.49. The van der Waals surface area contributed by atoms with Crippen molar-refractivity contribution in [3.05, 3.63) is 51.0 Å². The molecule has 1 N–H and O–H groups in total. The summed E-state index contributed by atoms with van der Waals surface area (Å²) in [4.78, 5) is 25.3. The van der Waals surface area contributed by atoms with Gasteiger partial charge in [0.25, 0.3) is 5.91 Å². The van der Waals surface area contributed by atoms with Crippen molar-refractivity contribution in [1.29, 1.82) is 5.26 Å². The molecule has 0 saturated heterocycles. The summed E-state index contributed by atoms with van der Waals surface area (Å²) in [6.45, 7) is 10.5. The van der Waals surface area contributed by atoms with Crippen LogP contribution in [-0.2, 0) is 20.9 Å². The summed E-state index contributed by atoms with van der Waals surface area (Å²) in [6.07, 6.45) is 1.52. The van der Waals surface area contributed by atoms with Gasteiger partial charge in [0.15, 0.2) is 6.61 Å². The van der Waals surface area contributed by atoms with Crippen LogP contribution in [0.2, 0.25) is 0 Å². The van der Waals surface area contributed by atoms with Crippen LogP contribution in [0.4, 0.5) is 0 Å². The van der Waals surface area contributed by atoms with E-state index in [-0.39, 0.29) is 11.6 Å². The predicted octanol–water partition coefficient (Wildman–Crippen LogP) is 4.15. The lowest BCUT2D eigenvalue weighted by atomic mass is 10.1. The second kappa shape index (κ2) is 10.1. The van der Waals surface area contributed by atoms with E-state index in [1.165, 1.54) is 17.4 Å². The highest BCUT2D eigenvalue weighted by molar-refractivity contribution is 7.10. The number of carbonyl (C=O) groups excluding carboxylic acids is 2. The molecule has 0 spiro atoms. The van der Waals surface area contributed by atoms with Crippen molar-refractivity contribution in [1.82, 2.24) is 9.88 Å². The number of hydrogen-bond donors (Lipinski definition) is 1. The van der Waals surface area contributed by atoms with Crippen molar-refractivity contribution in [2.45, 2.75) is 47.2 Å². The molecule has 0 bridgehead atoms. The minimum absolute atomic E-state index is 0.131. The molecule has 2 aromatic rings. The first kappa shape index (κ1) is 22.4. The molecule has 2 aromatic heterocycles. The van der Waals surface area contributed by atoms with Crippen LogP contribution in [0.25, 0.3) is 6.08 Å². The Labute approximate surface area is 175 Å². The second-order valence-corrected chi connectivity index (χ2v) is 8.36. The first-order chi connectivity index (χ1) is 13.7. The lowest BCUT2D eigenvalue weighted by Gasteiger charge is -2.12. The van der Waals surface area contributed by atoms with Crippen molar-refractivity contribution in [3.63, 3.8) is 0 Å². The van der Waals surface area contributed by atoms with Crippen molar-refractivity contribution in [3.8, 4) is 6.07 Å². The Hall–Kier alpha value is -2.85. The van der Waals surface area contributed by atoms with E-state index in [0.717, 1.165) is 28.4 Å². The minimum atomic E-state index is -0.805. The Balaban J connectivity index is 2.02. The summed E-state index contributed by atoms with van der Waals surface area (Å²) in [5.74, 6) is -0.737. The van der Waals surface area contributed by atoms with Crippen LogP contribution in [0.5, 0.6) is 0 Å². The standard InChI is InChI=1S/C22H27N3O3S/c1-14(2)12-25-15(3)9-18(17(25)5)10-19(11-23)22(27)28-13-21(26)24-16(4)20-7-6-8-29-20/h6-10,14,16H,12-13H2,1-5H3,(H,24,26)/b19-10+/t16-/m0/s1. The maximum atomic E-state index is 12.3. The van der Waals surface area contributed by atoms with Gasteiger partial charge in [-0.15, -0.1) is 11.3 Å². The number of aromatic nitrogens is 1. The monoisotopic (exact) mass is 413 g/mol. The fourth-order valence-corrected chi connectivity index (χ4v) is 3.75. The van der Waals surface area contributed by atoms with Crippen LogP contribution >= 0.6 is 11.3 Å². The van der Waals surface area contributed by atoms with Crippen LogP contribution < -0.4 is 5.32 Å². The SMILES string of the molecule is Cc1cc(/C=C(\C#N)C(=O)OCC(=O)N[C@@H](C)c2cccs2)c(C)n1CC(C)C. The van der Waals surface area contributed by atoms with Gasteiger partial charge in [-0.05, 0) is 55.8 Å². The van der Waals surface area contributed by atoms with Gasteiger partial charge >= 0.3 is 5.97 Å². The van der Waals surface area contributed by atoms with Crippen LogP contribution in [-0.4, -0.2) is 23.1 Å². The molecule has 0 unspecified atom stereocenters. The zero-order chi connectivity index (χ0) is 21.6. The van der Waals surface area contributed by atoms with Crippen molar-refractivity contribution in [2.75, 3.05) is 6.61 Å². The summed E-state index contributed by atoms with van der Waals surface area (Å²) in [5.41, 5.74) is 2.72. The van der Waals surface area contributed by atoms with Crippen LogP contribution in [0.15, 0.2) is 29.2 Å². The average molecular weight is 414 g/mol. The highest BCUT2D eigenvalue weighted by atomic mass is 32.1. The van der Waals surface area contributed by atoms with Crippen molar-refractivity contribution >= 4 is 29.3 Å². The average Bonchev–Trinajstić information content (AvgIpc) is 3.28. The molecule has 0 aliphatic carbocycles. The molecule has 0 aliphatic heterocycles. The van der Waals surface area contributed by atoms with E-state index < -0.39 is 18.5 Å². The van der Waals surface area contributed by atoms with E-state index in [2.05, 4.69) is 23.7 Å². The lowest BCUT2D eigenvalue weighted by Crippen LogP contribution is -2.30. The normalized spacial score (nSPS) is 12.5. The fraction of sp³-hybridized carbons (Fsp3) is 0.409. The number of nitrogens with zero attached hydrogens (tertiary/aromatic N) is 2. The maximum Gasteiger partial charge on any atom is 0.349 e. The Morgan fingerprint density at radius 1 is 1.34 bits per heavy atom. The van der Waals surface area contributed by atoms with Gasteiger partial charge in [0.2, 0.25) is 0 Å². The van der Waals surface area contributed by atoms with Crippen LogP contribution in [0.1, 0.15) is 48.6 Å². The van der Waals surface area contributed by atoms with Gasteiger partial charge in [0.1, 0.15) is 11.6 Å². The predicted molar refractivity (Wildman–Crippen MR) is 114 cm³/mol. The number of amides is 1. The summed E-state index contributed by atoms with van der Waals surface area (Å²) >= 11 is 1.54. The van der Waals surface area contributed by atoms with E-state index in [9.17, 15) is 14.9 Å². The summed E-state index contributed by atoms with van der Waals surface area (Å²) < 4.78 is 7.21. The highest BCUT2D eigenvalue weighted by Gasteiger charge is 2.17. The topological polar surface area (TPSA) is 84.1 Å². The molecular weight excluding hydrogens is 386 g/mol. The van der Waals surface area contributed by atoms with E-state index in [1.807, 2.05) is 50.4 Å². The smallest absolute Gasteiger partial charge is 0.349 e. The summed E-state index contributed by atoms with van der Waals surface area (Å²) in [7, 11) is 0. The molecule has 154 valence electrons. The molecule has 2 heterocycles. The molecular formula is C22H27N3O3S. The molecule has 0 radical (unpaired) electrons. The fourth-order valence-electron chi connectivity index (χ4n) is 3.01. The highest BCUT2D eigenvalue weighted by Crippen LogP contribution is 2.20. The number of hydrogen-bond acceptors (Lipinski definition) is 5. The second-order valence-electron chi connectivity index (χ2n) is 7.38. The van der Waals surface area contributed by atoms with Crippen molar-refractivity contribution < 1.29 is 14.3 Å². The molecule has 0 aliphatic rings. The third-order valence-corrected chi connectivity index (χ3v) is 5.54. The Kier molecular flexibility index (Phi) is 7.80. The number of aryl methyl sites for hydroxylation is 1. The Morgan fingerprint density at radius 2 is 2.07 bits per heavy atom. The Morgan fingerprint density at radius 3 is 2.66 bits per heavy atom. The van der Waals surface area contributed by atoms with Gasteiger partial charge in [0.05, 0.1) is 6.04 Å². The summed E-state index contributed by atoms with van der Waals surface area (Å²) in [5, 5.41) is 14.1. The van der Waals surface area contributed by atoms with E-state index >= 15 is 0 Å². The number of ether oxygens (including phenoxy) is 1. The first-order valence-electron chi connectivity index (χ1n) is 9.51. The van der Waals surface area contributed by atoms with E-state index in [1.54, 1.807) is 0 Å². The first-order valence-corrected chi connectivity index (χ1v) is 10.4. The molecule has 2 rings (SSSR count). The molecule has 0 saturated carbocycles. The lowest BCUT2D eigenvalue weighted by molar-refractivity contribution is -0.144. The third kappa shape index (κ3) is 6.06. The van der Waals surface area contributed by atoms with Gasteiger partial charge in [0, 0.05) is 22.8 Å². The van der Waals surface area contributed by atoms with Gasteiger partial charge in [-0.2, -0.15) is 5.26 Å². The minimum Gasteiger partial charge on any atom is -0.451 e. The molecule has 29 heavy (non-hydrogen) atoms. The number of rotatable bonds is 8. The van der Waals surface area contributed by atoms with Gasteiger partial charge in [-0.3, -0.25) is 4.79 Å². The van der Waals surface area contributed by atoms with Gasteiger partial charge < -0.3 is 14.6 Å². The molecule has 0 fully saturated rings. The molecule has 6 nitrogen and oxygen atoms in total. The number of esters is 1. The van der Waals surface area contributed by atoms with Crippen LogP contribution in [0, 0.1) is 31.1 Å². The van der Waals surface area contributed by atoms with Crippen molar-refractivity contribution in [2.24, 2.45) is 5.92 Å². The largest absolute Gasteiger partial charge is 0.451 e. The number of carbonyl (C=O) groups is 2. The number of thiophene rings is 1. The molecule has 1 amide bonds. The zero-order valence-electron chi connectivity index (χ0n) is 17.5. The molecule has 0 aromatic carbocycles. The van der Waals surface area contributed by atoms with Gasteiger partial charge in [-0.1, -0.05) is 19.9 Å². The van der Waals surface area contributed by atoms with E-state index in [0.29, 0.717) is 5.92 Å². The van der Waals surface area contributed by atoms with Gasteiger partial charge in [-0.25, -0.2) is 4.79 Å². The quantitative estimate of drug-likeness (QED) is 0.400. The van der Waals surface area contributed by atoms with Crippen LogP contribution in [0.3, 0.4) is 0 Å². The molecule has 7 heteroatoms.